The van der Waals surface area contributed by atoms with E-state index in [1.54, 1.807) is 0 Å². The molecule has 0 aliphatic carbocycles. The Balaban J connectivity index is 2.47. The van der Waals surface area contributed by atoms with Gasteiger partial charge in [-0.15, -0.1) is 0 Å². The van der Waals surface area contributed by atoms with Crippen molar-refractivity contribution >= 4 is 59.2 Å². The molecule has 1 aromatic heterocycles. The predicted octanol–water partition coefficient (Wildman–Crippen LogP) is 4.34. The smallest absolute Gasteiger partial charge is 0.265 e. The van der Waals surface area contributed by atoms with E-state index in [-0.39, 0.29) is 14.5 Å². The van der Waals surface area contributed by atoms with Gasteiger partial charge in [0.2, 0.25) is 0 Å². The summed E-state index contributed by atoms with van der Waals surface area (Å²) in [6, 6.07) is 2.75. The highest BCUT2D eigenvalue weighted by atomic mass is 79.9. The van der Waals surface area contributed by atoms with Crippen molar-refractivity contribution in [1.82, 2.24) is 4.98 Å². The van der Waals surface area contributed by atoms with Crippen LogP contribution in [-0.4, -0.2) is 13.4 Å². The van der Waals surface area contributed by atoms with E-state index >= 15 is 0 Å². The van der Waals surface area contributed by atoms with Gasteiger partial charge in [0.05, 0.1) is 10.2 Å². The van der Waals surface area contributed by atoms with Gasteiger partial charge in [0, 0.05) is 16.7 Å². The van der Waals surface area contributed by atoms with Crippen LogP contribution in [0.5, 0.6) is 0 Å². The molecule has 2 rings (SSSR count). The summed E-state index contributed by atoms with van der Waals surface area (Å²) in [5.41, 5.74) is -0.417. The van der Waals surface area contributed by atoms with Gasteiger partial charge in [-0.1, -0.05) is 11.6 Å². The molecule has 21 heavy (non-hydrogen) atoms. The van der Waals surface area contributed by atoms with E-state index in [0.29, 0.717) is 10.5 Å². The summed E-state index contributed by atoms with van der Waals surface area (Å²) in [5, 5.41) is -0.271. The lowest BCUT2D eigenvalue weighted by molar-refractivity contribution is 0.579. The number of rotatable bonds is 3. The first-order chi connectivity index (χ1) is 9.70. The Labute approximate surface area is 140 Å². The van der Waals surface area contributed by atoms with E-state index < -0.39 is 27.3 Å². The van der Waals surface area contributed by atoms with Crippen molar-refractivity contribution in [2.75, 3.05) is 4.72 Å². The van der Waals surface area contributed by atoms with Crippen molar-refractivity contribution in [3.63, 3.8) is 0 Å². The maximum atomic E-state index is 13.6. The van der Waals surface area contributed by atoms with E-state index in [1.807, 2.05) is 4.72 Å². The summed E-state index contributed by atoms with van der Waals surface area (Å²) in [6.07, 6.45) is 1.32. The molecule has 0 aliphatic rings. The number of nitrogens with one attached hydrogen (secondary N) is 1. The zero-order valence-electron chi connectivity index (χ0n) is 9.87. The zero-order chi connectivity index (χ0) is 15.8. The lowest BCUT2D eigenvalue weighted by atomic mass is 10.3. The van der Waals surface area contributed by atoms with Crippen molar-refractivity contribution < 1.29 is 17.2 Å². The molecule has 0 unspecified atom stereocenters. The molecule has 0 amide bonds. The third kappa shape index (κ3) is 3.71. The molecule has 2 aromatic rings. The Hall–Kier alpha value is -0.770. The Morgan fingerprint density at radius 1 is 1.14 bits per heavy atom. The zero-order valence-corrected chi connectivity index (χ0v) is 14.6. The average Bonchev–Trinajstić information content (AvgIpc) is 2.38. The third-order valence-electron chi connectivity index (χ3n) is 2.32. The molecule has 0 spiro atoms. The fourth-order valence-corrected chi connectivity index (χ4v) is 3.74. The molecular weight excluding hydrogens is 457 g/mol. The number of sulfonamides is 1. The second kappa shape index (κ2) is 6.15. The van der Waals surface area contributed by atoms with Crippen LogP contribution in [0.3, 0.4) is 0 Å². The van der Waals surface area contributed by atoms with Gasteiger partial charge in [-0.05, 0) is 44.0 Å². The first-order valence-corrected chi connectivity index (χ1v) is 8.64. The van der Waals surface area contributed by atoms with Crippen LogP contribution in [0.4, 0.5) is 14.5 Å². The van der Waals surface area contributed by atoms with Crippen LogP contribution in [0.2, 0.25) is 5.15 Å². The van der Waals surface area contributed by atoms with Crippen LogP contribution >= 0.6 is 43.5 Å². The van der Waals surface area contributed by atoms with Crippen molar-refractivity contribution in [3.05, 3.63) is 50.1 Å². The minimum absolute atomic E-state index is 0.0833. The Bertz CT molecular complexity index is 818. The van der Waals surface area contributed by atoms with Crippen molar-refractivity contribution in [1.29, 1.82) is 0 Å². The summed E-state index contributed by atoms with van der Waals surface area (Å²) in [5.74, 6) is -1.91. The van der Waals surface area contributed by atoms with Crippen LogP contribution in [-0.2, 0) is 10.0 Å². The molecule has 0 saturated carbocycles. The van der Waals surface area contributed by atoms with Crippen LogP contribution in [0.25, 0.3) is 0 Å². The number of pyridine rings is 1. The number of benzene rings is 1. The molecule has 112 valence electrons. The Morgan fingerprint density at radius 3 is 2.48 bits per heavy atom. The fourth-order valence-electron chi connectivity index (χ4n) is 1.39. The first-order valence-electron chi connectivity index (χ1n) is 5.19. The normalized spacial score (nSPS) is 11.5. The molecular formula is C11H5Br2ClF2N2O2S. The lowest BCUT2D eigenvalue weighted by Crippen LogP contribution is -2.15. The third-order valence-corrected chi connectivity index (χ3v) is 5.15. The molecule has 4 nitrogen and oxygen atoms in total. The Kier molecular flexibility index (Phi) is 4.86. The molecule has 0 fully saturated rings. The van der Waals surface area contributed by atoms with Gasteiger partial charge in [-0.2, -0.15) is 0 Å². The maximum Gasteiger partial charge on any atom is 0.265 e. The van der Waals surface area contributed by atoms with E-state index in [2.05, 4.69) is 36.8 Å². The van der Waals surface area contributed by atoms with Gasteiger partial charge in [0.1, 0.15) is 21.7 Å². The molecule has 0 bridgehead atoms. The van der Waals surface area contributed by atoms with Gasteiger partial charge in [-0.25, -0.2) is 22.2 Å². The van der Waals surface area contributed by atoms with Crippen molar-refractivity contribution in [3.8, 4) is 0 Å². The van der Waals surface area contributed by atoms with Crippen LogP contribution in [0.1, 0.15) is 0 Å². The number of nitrogens with zero attached hydrogens (tertiary/aromatic N) is 1. The van der Waals surface area contributed by atoms with Gasteiger partial charge in [-0.3, -0.25) is 4.72 Å². The van der Waals surface area contributed by atoms with Gasteiger partial charge < -0.3 is 0 Å². The highest BCUT2D eigenvalue weighted by molar-refractivity contribution is 9.10. The molecule has 1 aromatic carbocycles. The first kappa shape index (κ1) is 16.6. The highest BCUT2D eigenvalue weighted by Crippen LogP contribution is 2.28. The van der Waals surface area contributed by atoms with Gasteiger partial charge >= 0.3 is 0 Å². The number of hydrogen-bond acceptors (Lipinski definition) is 3. The van der Waals surface area contributed by atoms with E-state index in [0.717, 1.165) is 6.07 Å². The lowest BCUT2D eigenvalue weighted by Gasteiger charge is -2.10. The van der Waals surface area contributed by atoms with Crippen LogP contribution in [0.15, 0.2) is 38.2 Å². The van der Waals surface area contributed by atoms with E-state index in [1.165, 1.54) is 12.3 Å². The standard InChI is InChI=1S/C11H5Br2ClF2N2O2S/c12-5-1-10(11(14)17-4-5)21(19,20)18-9-2-6(13)7(15)3-8(9)16/h1-4,18H. The summed E-state index contributed by atoms with van der Waals surface area (Å²) >= 11 is 11.6. The number of hydrogen-bond donors (Lipinski definition) is 1. The molecule has 0 radical (unpaired) electrons. The molecule has 1 heterocycles. The second-order valence-electron chi connectivity index (χ2n) is 3.79. The SMILES string of the molecule is O=S(=O)(Nc1cc(Br)c(F)cc1F)c1cc(Br)cnc1Cl. The highest BCUT2D eigenvalue weighted by Gasteiger charge is 2.21. The van der Waals surface area contributed by atoms with E-state index in [4.69, 9.17) is 11.6 Å². The van der Waals surface area contributed by atoms with Crippen LogP contribution in [0, 0.1) is 11.6 Å². The van der Waals surface area contributed by atoms with Crippen molar-refractivity contribution in [2.45, 2.75) is 4.90 Å². The monoisotopic (exact) mass is 460 g/mol. The number of halogens is 5. The summed E-state index contributed by atoms with van der Waals surface area (Å²) in [6.45, 7) is 0. The molecule has 10 heteroatoms. The van der Waals surface area contributed by atoms with Gasteiger partial charge in [0.15, 0.2) is 0 Å². The molecule has 0 saturated heterocycles. The summed E-state index contributed by atoms with van der Waals surface area (Å²) < 4.78 is 53.4. The van der Waals surface area contributed by atoms with Crippen LogP contribution < -0.4 is 4.72 Å². The fraction of sp³-hybridized carbons (Fsp3) is 0. The summed E-state index contributed by atoms with van der Waals surface area (Å²) in [7, 11) is -4.18. The molecule has 0 atom stereocenters. The largest absolute Gasteiger partial charge is 0.277 e. The topological polar surface area (TPSA) is 59.1 Å². The van der Waals surface area contributed by atoms with Gasteiger partial charge in [0.25, 0.3) is 10.0 Å². The van der Waals surface area contributed by atoms with Crippen molar-refractivity contribution in [2.24, 2.45) is 0 Å². The maximum absolute atomic E-state index is 13.6. The minimum Gasteiger partial charge on any atom is -0.277 e. The number of anilines is 1. The minimum atomic E-state index is -4.18. The second-order valence-corrected chi connectivity index (χ2v) is 7.57. The molecule has 0 aliphatic heterocycles. The quantitative estimate of drug-likeness (QED) is 0.546. The average molecular weight is 462 g/mol. The summed E-state index contributed by atoms with van der Waals surface area (Å²) in [4.78, 5) is 3.34. The number of aromatic nitrogens is 1. The Morgan fingerprint density at radius 2 is 1.81 bits per heavy atom. The molecule has 1 N–H and O–H groups in total. The predicted molar refractivity (Wildman–Crippen MR) is 81.8 cm³/mol. The van der Waals surface area contributed by atoms with E-state index in [9.17, 15) is 17.2 Å².